The minimum atomic E-state index is -0.922. The van der Waals surface area contributed by atoms with Gasteiger partial charge in [0, 0.05) is 13.1 Å². The van der Waals surface area contributed by atoms with E-state index in [1.165, 1.54) is 0 Å². The summed E-state index contributed by atoms with van der Waals surface area (Å²) in [6.45, 7) is 0.940. The summed E-state index contributed by atoms with van der Waals surface area (Å²) in [6.07, 6.45) is 0.318. The number of hydrogen-bond acceptors (Lipinski definition) is 3. The Hall–Kier alpha value is -0.430. The van der Waals surface area contributed by atoms with Gasteiger partial charge in [-0.1, -0.05) is 0 Å². The molecule has 2 atom stereocenters. The molecule has 0 radical (unpaired) electrons. The Morgan fingerprint density at radius 3 is 2.93 bits per heavy atom. The van der Waals surface area contributed by atoms with Crippen LogP contribution < -0.4 is 10.1 Å². The lowest BCUT2D eigenvalue weighted by atomic mass is 10.3. The van der Waals surface area contributed by atoms with Gasteiger partial charge in [0.15, 0.2) is 6.17 Å². The molecule has 1 fully saturated rings. The number of rotatable bonds is 2. The Bertz CT molecular complexity index is 306. The van der Waals surface area contributed by atoms with E-state index in [1.54, 1.807) is 12.3 Å². The predicted molar refractivity (Wildman–Crippen MR) is 59.1 cm³/mol. The smallest absolute Gasteiger partial charge is 0.150 e. The molecule has 0 bridgehead atoms. The minimum absolute atomic E-state index is 0.377. The lowest BCUT2D eigenvalue weighted by Gasteiger charge is -2.14. The Labute approximate surface area is 95.2 Å². The summed E-state index contributed by atoms with van der Waals surface area (Å²) in [5, 5.41) is 2.93. The molecule has 0 unspecified atom stereocenters. The van der Waals surface area contributed by atoms with E-state index in [1.807, 2.05) is 6.07 Å². The number of nitrogens with one attached hydrogen (secondary N) is 1. The molecular formula is C9H10FIN2O. The van der Waals surface area contributed by atoms with Crippen molar-refractivity contribution < 1.29 is 9.13 Å². The number of nitrogens with zero attached hydrogens (tertiary/aromatic N) is 1. The van der Waals surface area contributed by atoms with Gasteiger partial charge in [-0.15, -0.1) is 0 Å². The Morgan fingerprint density at radius 2 is 2.36 bits per heavy atom. The van der Waals surface area contributed by atoms with Gasteiger partial charge in [0.25, 0.3) is 0 Å². The van der Waals surface area contributed by atoms with Crippen LogP contribution in [-0.4, -0.2) is 30.3 Å². The van der Waals surface area contributed by atoms with Crippen LogP contribution in [0.4, 0.5) is 4.39 Å². The van der Waals surface area contributed by atoms with Crippen molar-refractivity contribution in [1.82, 2.24) is 10.3 Å². The van der Waals surface area contributed by atoms with Gasteiger partial charge in [0.2, 0.25) is 0 Å². The molecule has 0 aliphatic carbocycles. The zero-order valence-electron chi connectivity index (χ0n) is 7.41. The number of alkyl halides is 1. The number of halogens is 2. The van der Waals surface area contributed by atoms with E-state index in [-0.39, 0.29) is 6.10 Å². The molecular weight excluding hydrogens is 298 g/mol. The quantitative estimate of drug-likeness (QED) is 0.662. The molecule has 14 heavy (non-hydrogen) atoms. The topological polar surface area (TPSA) is 34.1 Å². The van der Waals surface area contributed by atoms with Crippen molar-refractivity contribution in [3.05, 3.63) is 22.0 Å². The van der Waals surface area contributed by atoms with Gasteiger partial charge < -0.3 is 10.1 Å². The first-order valence-corrected chi connectivity index (χ1v) is 5.46. The first kappa shape index (κ1) is 10.1. The molecule has 1 aromatic rings. The number of ether oxygens (including phenoxy) is 1. The van der Waals surface area contributed by atoms with Crippen LogP contribution in [0.15, 0.2) is 18.3 Å². The normalized spacial score (nSPS) is 26.4. The largest absolute Gasteiger partial charge is 0.484 e. The average Bonchev–Trinajstić information content (AvgIpc) is 2.56. The van der Waals surface area contributed by atoms with E-state index in [0.29, 0.717) is 18.8 Å². The van der Waals surface area contributed by atoms with E-state index in [2.05, 4.69) is 32.9 Å². The standard InChI is InChI=1S/C9H10FIN2O/c10-7-4-12-5-8(7)14-6-1-2-9(11)13-3-6/h1-3,7-8,12H,4-5H2/t7-,8+/m0/s1. The van der Waals surface area contributed by atoms with E-state index < -0.39 is 6.17 Å². The number of hydrogen-bond donors (Lipinski definition) is 1. The summed E-state index contributed by atoms with van der Waals surface area (Å²) in [7, 11) is 0. The third-order valence-corrected chi connectivity index (χ3v) is 2.71. The Morgan fingerprint density at radius 1 is 1.50 bits per heavy atom. The second kappa shape index (κ2) is 4.39. The summed E-state index contributed by atoms with van der Waals surface area (Å²) in [4.78, 5) is 4.07. The highest BCUT2D eigenvalue weighted by Gasteiger charge is 2.28. The van der Waals surface area contributed by atoms with Crippen LogP contribution in [0.3, 0.4) is 0 Å². The fourth-order valence-corrected chi connectivity index (χ4v) is 1.66. The highest BCUT2D eigenvalue weighted by Crippen LogP contribution is 2.16. The molecule has 0 aromatic carbocycles. The van der Waals surface area contributed by atoms with E-state index in [4.69, 9.17) is 4.74 Å². The van der Waals surface area contributed by atoms with Gasteiger partial charge in [-0.3, -0.25) is 0 Å². The van der Waals surface area contributed by atoms with Crippen LogP contribution in [0.2, 0.25) is 0 Å². The van der Waals surface area contributed by atoms with E-state index >= 15 is 0 Å². The van der Waals surface area contributed by atoms with Crippen molar-refractivity contribution in [3.63, 3.8) is 0 Å². The third-order valence-electron chi connectivity index (χ3n) is 2.08. The molecule has 1 aliphatic heterocycles. The monoisotopic (exact) mass is 308 g/mol. The molecule has 0 amide bonds. The van der Waals surface area contributed by atoms with Crippen molar-refractivity contribution in [2.24, 2.45) is 0 Å². The van der Waals surface area contributed by atoms with Crippen LogP contribution in [0.25, 0.3) is 0 Å². The fourth-order valence-electron chi connectivity index (χ4n) is 1.35. The zero-order valence-corrected chi connectivity index (χ0v) is 9.57. The lowest BCUT2D eigenvalue weighted by molar-refractivity contribution is 0.139. The van der Waals surface area contributed by atoms with Gasteiger partial charge in [-0.05, 0) is 34.7 Å². The zero-order chi connectivity index (χ0) is 9.97. The summed E-state index contributed by atoms with van der Waals surface area (Å²) >= 11 is 2.11. The summed E-state index contributed by atoms with van der Waals surface area (Å²) in [5.41, 5.74) is 0. The summed E-state index contributed by atoms with van der Waals surface area (Å²) in [5.74, 6) is 0.627. The maximum atomic E-state index is 13.1. The molecule has 76 valence electrons. The lowest BCUT2D eigenvalue weighted by Crippen LogP contribution is -2.26. The summed E-state index contributed by atoms with van der Waals surface area (Å²) < 4.78 is 19.5. The predicted octanol–water partition coefficient (Wildman–Crippen LogP) is 1.37. The molecule has 0 spiro atoms. The summed E-state index contributed by atoms with van der Waals surface area (Å²) in [6, 6.07) is 3.64. The first-order chi connectivity index (χ1) is 6.75. The van der Waals surface area contributed by atoms with Gasteiger partial charge in [0.05, 0.1) is 6.20 Å². The highest BCUT2D eigenvalue weighted by atomic mass is 127. The second-order valence-corrected chi connectivity index (χ2v) is 4.25. The SMILES string of the molecule is F[C@H]1CNC[C@H]1Oc1ccc(I)nc1. The molecule has 2 rings (SSSR count). The van der Waals surface area contributed by atoms with Gasteiger partial charge in [-0.25, -0.2) is 9.37 Å². The van der Waals surface area contributed by atoms with Crippen molar-refractivity contribution >= 4 is 22.6 Å². The molecule has 2 heterocycles. The van der Waals surface area contributed by atoms with Gasteiger partial charge >= 0.3 is 0 Å². The third kappa shape index (κ3) is 2.33. The molecule has 5 heteroatoms. The maximum Gasteiger partial charge on any atom is 0.150 e. The minimum Gasteiger partial charge on any atom is -0.484 e. The Kier molecular flexibility index (Phi) is 3.17. The van der Waals surface area contributed by atoms with Crippen LogP contribution in [-0.2, 0) is 0 Å². The fraction of sp³-hybridized carbons (Fsp3) is 0.444. The van der Waals surface area contributed by atoms with Crippen LogP contribution in [0.1, 0.15) is 0 Å². The van der Waals surface area contributed by atoms with Crippen LogP contribution >= 0.6 is 22.6 Å². The van der Waals surface area contributed by atoms with Crippen molar-refractivity contribution in [3.8, 4) is 5.75 Å². The molecule has 1 N–H and O–H groups in total. The average molecular weight is 308 g/mol. The highest BCUT2D eigenvalue weighted by molar-refractivity contribution is 14.1. The first-order valence-electron chi connectivity index (χ1n) is 4.39. The van der Waals surface area contributed by atoms with Crippen LogP contribution in [0.5, 0.6) is 5.75 Å². The molecule has 1 aromatic heterocycles. The number of pyridine rings is 1. The molecule has 1 aliphatic rings. The number of aromatic nitrogens is 1. The van der Waals surface area contributed by atoms with Crippen molar-refractivity contribution in [2.75, 3.05) is 13.1 Å². The molecule has 3 nitrogen and oxygen atoms in total. The molecule has 1 saturated heterocycles. The van der Waals surface area contributed by atoms with Crippen LogP contribution in [0, 0.1) is 3.70 Å². The van der Waals surface area contributed by atoms with Crippen molar-refractivity contribution in [1.29, 1.82) is 0 Å². The van der Waals surface area contributed by atoms with Crippen molar-refractivity contribution in [2.45, 2.75) is 12.3 Å². The maximum absolute atomic E-state index is 13.1. The second-order valence-electron chi connectivity index (χ2n) is 3.15. The van der Waals surface area contributed by atoms with Gasteiger partial charge in [-0.2, -0.15) is 0 Å². The van der Waals surface area contributed by atoms with E-state index in [0.717, 1.165) is 3.70 Å². The van der Waals surface area contributed by atoms with Gasteiger partial charge in [0.1, 0.15) is 15.6 Å². The Balaban J connectivity index is 2.00. The molecule has 0 saturated carbocycles. The van der Waals surface area contributed by atoms with E-state index in [9.17, 15) is 4.39 Å².